The Balaban J connectivity index is 3.10. The molecule has 0 amide bonds. The number of halogens is 1. The maximum Gasteiger partial charge on any atom is 0.123 e. The van der Waals surface area contributed by atoms with Crippen molar-refractivity contribution in [3.05, 3.63) is 35.6 Å². The van der Waals surface area contributed by atoms with Gasteiger partial charge in [-0.25, -0.2) is 4.39 Å². The molecule has 0 aliphatic heterocycles. The van der Waals surface area contributed by atoms with E-state index in [-0.39, 0.29) is 17.4 Å². The van der Waals surface area contributed by atoms with Crippen LogP contribution in [0.25, 0.3) is 0 Å². The van der Waals surface area contributed by atoms with Gasteiger partial charge in [0.15, 0.2) is 0 Å². The van der Waals surface area contributed by atoms with Crippen molar-refractivity contribution in [3.63, 3.8) is 0 Å². The molecule has 1 N–H and O–H groups in total. The summed E-state index contributed by atoms with van der Waals surface area (Å²) in [6.45, 7) is 13.9. The molecular formula is C17H29FN2. The molecule has 1 atom stereocenters. The van der Waals surface area contributed by atoms with E-state index in [1.165, 1.54) is 6.07 Å². The lowest BCUT2D eigenvalue weighted by Gasteiger charge is -2.44. The van der Waals surface area contributed by atoms with Gasteiger partial charge in [-0.05, 0) is 57.6 Å². The van der Waals surface area contributed by atoms with Gasteiger partial charge < -0.3 is 5.32 Å². The first-order valence-electron chi connectivity index (χ1n) is 7.71. The van der Waals surface area contributed by atoms with Crippen LogP contribution >= 0.6 is 0 Å². The zero-order chi connectivity index (χ0) is 15.2. The van der Waals surface area contributed by atoms with E-state index in [0.717, 1.165) is 31.6 Å². The maximum absolute atomic E-state index is 13.6. The third kappa shape index (κ3) is 4.03. The van der Waals surface area contributed by atoms with Gasteiger partial charge in [0.05, 0.1) is 6.04 Å². The molecule has 0 spiro atoms. The zero-order valence-electron chi connectivity index (χ0n) is 13.5. The van der Waals surface area contributed by atoms with Gasteiger partial charge in [-0.3, -0.25) is 4.90 Å². The van der Waals surface area contributed by atoms with Crippen LogP contribution in [0, 0.1) is 5.82 Å². The summed E-state index contributed by atoms with van der Waals surface area (Å²) in [7, 11) is 0. The molecule has 114 valence electrons. The Hall–Kier alpha value is -0.930. The summed E-state index contributed by atoms with van der Waals surface area (Å²) in [5.74, 6) is -0.166. The number of benzene rings is 1. The Morgan fingerprint density at radius 2 is 1.85 bits per heavy atom. The first-order valence-corrected chi connectivity index (χ1v) is 7.71. The fourth-order valence-electron chi connectivity index (χ4n) is 2.97. The summed E-state index contributed by atoms with van der Waals surface area (Å²) in [6, 6.07) is 7.09. The highest BCUT2D eigenvalue weighted by Crippen LogP contribution is 2.31. The molecule has 0 aliphatic rings. The van der Waals surface area contributed by atoms with E-state index in [1.54, 1.807) is 12.1 Å². The molecule has 0 aliphatic carbocycles. The summed E-state index contributed by atoms with van der Waals surface area (Å²) < 4.78 is 13.6. The van der Waals surface area contributed by atoms with Crippen LogP contribution in [0.2, 0.25) is 0 Å². The van der Waals surface area contributed by atoms with Crippen molar-refractivity contribution >= 4 is 0 Å². The second kappa shape index (κ2) is 7.75. The highest BCUT2D eigenvalue weighted by Gasteiger charge is 2.34. The Labute approximate surface area is 123 Å². The standard InChI is InChI=1S/C17H29FN2/c1-6-12-19-16(14-10-9-11-15(18)13-14)17(4,5)20(7-2)8-3/h9-11,13,16,19H,6-8,12H2,1-5H3. The van der Waals surface area contributed by atoms with E-state index in [1.807, 2.05) is 6.07 Å². The third-order valence-corrected chi connectivity index (χ3v) is 4.07. The van der Waals surface area contributed by atoms with Gasteiger partial charge in [0.1, 0.15) is 5.82 Å². The monoisotopic (exact) mass is 280 g/mol. The Bertz CT molecular complexity index is 400. The smallest absolute Gasteiger partial charge is 0.123 e. The number of hydrogen-bond acceptors (Lipinski definition) is 2. The quantitative estimate of drug-likeness (QED) is 0.774. The first-order chi connectivity index (χ1) is 9.47. The maximum atomic E-state index is 13.6. The van der Waals surface area contributed by atoms with Crippen LogP contribution in [-0.2, 0) is 0 Å². The van der Waals surface area contributed by atoms with Gasteiger partial charge in [-0.1, -0.05) is 32.9 Å². The van der Waals surface area contributed by atoms with Crippen molar-refractivity contribution in [3.8, 4) is 0 Å². The largest absolute Gasteiger partial charge is 0.308 e. The molecule has 0 bridgehead atoms. The number of likely N-dealkylation sites (N-methyl/N-ethyl adjacent to an activating group) is 1. The van der Waals surface area contributed by atoms with Crippen LogP contribution in [0.4, 0.5) is 4.39 Å². The van der Waals surface area contributed by atoms with Crippen LogP contribution in [-0.4, -0.2) is 30.1 Å². The molecule has 1 aromatic carbocycles. The van der Waals surface area contributed by atoms with Gasteiger partial charge in [-0.15, -0.1) is 0 Å². The van der Waals surface area contributed by atoms with Crippen LogP contribution in [0.5, 0.6) is 0 Å². The van der Waals surface area contributed by atoms with Crippen LogP contribution in [0.1, 0.15) is 52.6 Å². The number of rotatable bonds is 8. The Kier molecular flexibility index (Phi) is 6.63. The van der Waals surface area contributed by atoms with Gasteiger partial charge in [0.2, 0.25) is 0 Å². The number of nitrogens with one attached hydrogen (secondary N) is 1. The summed E-state index contributed by atoms with van der Waals surface area (Å²) >= 11 is 0. The highest BCUT2D eigenvalue weighted by molar-refractivity contribution is 5.23. The lowest BCUT2D eigenvalue weighted by atomic mass is 9.86. The second-order valence-electron chi connectivity index (χ2n) is 5.77. The van der Waals surface area contributed by atoms with Crippen molar-refractivity contribution in [2.45, 2.75) is 52.6 Å². The van der Waals surface area contributed by atoms with Gasteiger partial charge in [0, 0.05) is 5.54 Å². The summed E-state index contributed by atoms with van der Waals surface area (Å²) in [5.41, 5.74) is 0.960. The van der Waals surface area contributed by atoms with Crippen molar-refractivity contribution in [2.75, 3.05) is 19.6 Å². The van der Waals surface area contributed by atoms with E-state index < -0.39 is 0 Å². The van der Waals surface area contributed by atoms with Crippen molar-refractivity contribution < 1.29 is 4.39 Å². The molecule has 0 saturated heterocycles. The molecule has 1 aromatic rings. The molecule has 2 nitrogen and oxygen atoms in total. The molecule has 1 rings (SSSR count). The third-order valence-electron chi connectivity index (χ3n) is 4.07. The topological polar surface area (TPSA) is 15.3 Å². The predicted molar refractivity (Wildman–Crippen MR) is 84.4 cm³/mol. The van der Waals surface area contributed by atoms with E-state index >= 15 is 0 Å². The van der Waals surface area contributed by atoms with Crippen LogP contribution in [0.15, 0.2) is 24.3 Å². The van der Waals surface area contributed by atoms with Crippen molar-refractivity contribution in [1.82, 2.24) is 10.2 Å². The predicted octanol–water partition coefficient (Wildman–Crippen LogP) is 3.99. The first kappa shape index (κ1) is 17.1. The summed E-state index contributed by atoms with van der Waals surface area (Å²) in [6.07, 6.45) is 1.07. The second-order valence-corrected chi connectivity index (χ2v) is 5.77. The lowest BCUT2D eigenvalue weighted by molar-refractivity contribution is 0.0910. The Morgan fingerprint density at radius 3 is 2.35 bits per heavy atom. The number of nitrogens with zero attached hydrogens (tertiary/aromatic N) is 1. The SMILES string of the molecule is CCCNC(c1cccc(F)c1)C(C)(C)N(CC)CC. The van der Waals surface area contributed by atoms with Gasteiger partial charge in [0.25, 0.3) is 0 Å². The zero-order valence-corrected chi connectivity index (χ0v) is 13.5. The molecule has 0 saturated carbocycles. The molecule has 0 heterocycles. The van der Waals surface area contributed by atoms with Crippen LogP contribution in [0.3, 0.4) is 0 Å². The Morgan fingerprint density at radius 1 is 1.20 bits per heavy atom. The fourth-order valence-corrected chi connectivity index (χ4v) is 2.97. The average molecular weight is 280 g/mol. The van der Waals surface area contributed by atoms with Crippen LogP contribution < -0.4 is 5.32 Å². The summed E-state index contributed by atoms with van der Waals surface area (Å²) in [5, 5.41) is 3.59. The minimum absolute atomic E-state index is 0.0630. The lowest BCUT2D eigenvalue weighted by Crippen LogP contribution is -2.52. The molecule has 0 fully saturated rings. The molecule has 20 heavy (non-hydrogen) atoms. The van der Waals surface area contributed by atoms with E-state index in [9.17, 15) is 4.39 Å². The normalized spacial score (nSPS) is 13.8. The van der Waals surface area contributed by atoms with Crippen molar-refractivity contribution in [1.29, 1.82) is 0 Å². The van der Waals surface area contributed by atoms with E-state index in [0.29, 0.717) is 0 Å². The molecule has 0 radical (unpaired) electrons. The van der Waals surface area contributed by atoms with E-state index in [2.05, 4.69) is 44.8 Å². The van der Waals surface area contributed by atoms with Gasteiger partial charge in [-0.2, -0.15) is 0 Å². The average Bonchev–Trinajstić information content (AvgIpc) is 2.40. The summed E-state index contributed by atoms with van der Waals surface area (Å²) in [4.78, 5) is 2.42. The van der Waals surface area contributed by atoms with E-state index in [4.69, 9.17) is 0 Å². The van der Waals surface area contributed by atoms with Gasteiger partial charge >= 0.3 is 0 Å². The minimum Gasteiger partial charge on any atom is -0.308 e. The molecule has 1 unspecified atom stereocenters. The molecular weight excluding hydrogens is 251 g/mol. The fraction of sp³-hybridized carbons (Fsp3) is 0.647. The molecule has 3 heteroatoms. The number of hydrogen-bond donors (Lipinski definition) is 1. The van der Waals surface area contributed by atoms with Crippen molar-refractivity contribution in [2.24, 2.45) is 0 Å². The molecule has 0 aromatic heterocycles. The highest BCUT2D eigenvalue weighted by atomic mass is 19.1. The minimum atomic E-state index is -0.166.